The van der Waals surface area contributed by atoms with Crippen LogP contribution in [0.25, 0.3) is 0 Å². The van der Waals surface area contributed by atoms with Crippen molar-refractivity contribution in [3.63, 3.8) is 0 Å². The number of nitrogen functional groups attached to an aromatic ring is 1. The van der Waals surface area contributed by atoms with Crippen LogP contribution in [0.5, 0.6) is 0 Å². The van der Waals surface area contributed by atoms with Gasteiger partial charge in [0, 0.05) is 11.0 Å². The predicted octanol–water partition coefficient (Wildman–Crippen LogP) is 1.15. The molecule has 0 saturated carbocycles. The zero-order chi connectivity index (χ0) is 13.9. The number of aliphatic hydroxyl groups is 2. The number of carbonyl (C=O) groups excluding carboxylic acids is 1. The molecule has 6 heteroatoms. The first-order valence-electron chi connectivity index (χ1n) is 5.32. The third-order valence-electron chi connectivity index (χ3n) is 2.74. The average molecular weight is 318 g/mol. The van der Waals surface area contributed by atoms with Gasteiger partial charge < -0.3 is 20.7 Å². The minimum atomic E-state index is -1.12. The lowest BCUT2D eigenvalue weighted by Crippen LogP contribution is -2.20. The summed E-state index contributed by atoms with van der Waals surface area (Å²) in [6.07, 6.45) is -2.09. The number of halogens is 1. The lowest BCUT2D eigenvalue weighted by atomic mass is 9.98. The molecule has 2 unspecified atom stereocenters. The molecule has 0 bridgehead atoms. The molecule has 1 rings (SSSR count). The Bertz CT molecular complexity index is 450. The van der Waals surface area contributed by atoms with Crippen molar-refractivity contribution in [2.75, 3.05) is 18.2 Å². The van der Waals surface area contributed by atoms with Crippen molar-refractivity contribution < 1.29 is 19.7 Å². The van der Waals surface area contributed by atoms with Crippen LogP contribution in [0.4, 0.5) is 5.69 Å². The van der Waals surface area contributed by atoms with Gasteiger partial charge in [-0.3, -0.25) is 0 Å². The quantitative estimate of drug-likeness (QED) is 0.440. The van der Waals surface area contributed by atoms with E-state index in [-0.39, 0.29) is 10.9 Å². The molecule has 0 aliphatic rings. The Morgan fingerprint density at radius 1 is 1.50 bits per heavy atom. The third-order valence-corrected chi connectivity index (χ3v) is 3.40. The van der Waals surface area contributed by atoms with Crippen molar-refractivity contribution in [2.45, 2.75) is 19.1 Å². The fraction of sp³-hybridized carbons (Fsp3) is 0.417. The zero-order valence-electron chi connectivity index (χ0n) is 10.2. The van der Waals surface area contributed by atoms with E-state index in [9.17, 15) is 15.0 Å². The van der Waals surface area contributed by atoms with Crippen LogP contribution in [0.3, 0.4) is 0 Å². The Morgan fingerprint density at radius 3 is 2.61 bits per heavy atom. The SMILES string of the molecule is COC(=O)c1cc(C(O)C(O)CBr)cc(N)c1C. The molecule has 2 atom stereocenters. The van der Waals surface area contributed by atoms with E-state index in [0.29, 0.717) is 16.8 Å². The number of nitrogens with two attached hydrogens (primary N) is 1. The Kier molecular flexibility index (Phi) is 5.13. The second-order valence-corrected chi connectivity index (χ2v) is 4.59. The lowest BCUT2D eigenvalue weighted by Gasteiger charge is -2.18. The molecule has 0 aromatic heterocycles. The van der Waals surface area contributed by atoms with Gasteiger partial charge in [0.2, 0.25) is 0 Å². The first-order valence-corrected chi connectivity index (χ1v) is 6.45. The van der Waals surface area contributed by atoms with Gasteiger partial charge in [-0.2, -0.15) is 0 Å². The molecule has 0 amide bonds. The van der Waals surface area contributed by atoms with E-state index in [4.69, 9.17) is 5.73 Å². The van der Waals surface area contributed by atoms with Crippen LogP contribution in [0.15, 0.2) is 12.1 Å². The van der Waals surface area contributed by atoms with E-state index in [1.165, 1.54) is 13.2 Å². The fourth-order valence-corrected chi connectivity index (χ4v) is 1.91. The highest BCUT2D eigenvalue weighted by Gasteiger charge is 2.21. The molecule has 100 valence electrons. The Hall–Kier alpha value is -1.11. The van der Waals surface area contributed by atoms with E-state index in [0.717, 1.165) is 0 Å². The summed E-state index contributed by atoms with van der Waals surface area (Å²) in [5.41, 5.74) is 7.40. The van der Waals surface area contributed by atoms with Gasteiger partial charge in [-0.25, -0.2) is 4.79 Å². The van der Waals surface area contributed by atoms with E-state index in [1.807, 2.05) is 0 Å². The normalized spacial score (nSPS) is 14.1. The summed E-state index contributed by atoms with van der Waals surface area (Å²) in [4.78, 5) is 11.6. The summed E-state index contributed by atoms with van der Waals surface area (Å²) in [7, 11) is 1.27. The Balaban J connectivity index is 3.24. The van der Waals surface area contributed by atoms with Gasteiger partial charge >= 0.3 is 5.97 Å². The standard InChI is InChI=1S/C12H16BrNO4/c1-6-8(12(17)18-2)3-7(4-9(6)14)11(16)10(15)5-13/h3-4,10-11,15-16H,5,14H2,1-2H3. The molecule has 5 nitrogen and oxygen atoms in total. The van der Waals surface area contributed by atoms with Gasteiger partial charge in [0.1, 0.15) is 6.10 Å². The number of hydrogen-bond donors (Lipinski definition) is 3. The van der Waals surface area contributed by atoms with Gasteiger partial charge in [-0.05, 0) is 30.2 Å². The van der Waals surface area contributed by atoms with Crippen molar-refractivity contribution in [3.05, 3.63) is 28.8 Å². The van der Waals surface area contributed by atoms with E-state index in [1.54, 1.807) is 13.0 Å². The Labute approximate surface area is 114 Å². The van der Waals surface area contributed by atoms with E-state index in [2.05, 4.69) is 20.7 Å². The molecule has 0 saturated heterocycles. The maximum Gasteiger partial charge on any atom is 0.338 e. The average Bonchev–Trinajstić information content (AvgIpc) is 2.38. The molecule has 1 aromatic carbocycles. The second-order valence-electron chi connectivity index (χ2n) is 3.94. The van der Waals surface area contributed by atoms with Gasteiger partial charge in [0.25, 0.3) is 0 Å². The summed E-state index contributed by atoms with van der Waals surface area (Å²) in [5.74, 6) is -0.526. The smallest absolute Gasteiger partial charge is 0.338 e. The van der Waals surface area contributed by atoms with E-state index < -0.39 is 18.2 Å². The Morgan fingerprint density at radius 2 is 2.11 bits per heavy atom. The van der Waals surface area contributed by atoms with Crippen LogP contribution >= 0.6 is 15.9 Å². The molecule has 1 aromatic rings. The van der Waals surface area contributed by atoms with Crippen LogP contribution in [-0.4, -0.2) is 34.7 Å². The predicted molar refractivity (Wildman–Crippen MR) is 71.7 cm³/mol. The number of hydrogen-bond acceptors (Lipinski definition) is 5. The maximum atomic E-state index is 11.6. The third kappa shape index (κ3) is 3.01. The first-order chi connectivity index (χ1) is 8.42. The largest absolute Gasteiger partial charge is 0.465 e. The molecule has 0 heterocycles. The molecule has 0 spiro atoms. The van der Waals surface area contributed by atoms with Crippen LogP contribution in [0.2, 0.25) is 0 Å². The van der Waals surface area contributed by atoms with Crippen molar-refractivity contribution in [1.29, 1.82) is 0 Å². The highest BCUT2D eigenvalue weighted by atomic mass is 79.9. The number of alkyl halides is 1. The van der Waals surface area contributed by atoms with Crippen LogP contribution in [0.1, 0.15) is 27.6 Å². The molecule has 4 N–H and O–H groups in total. The molecule has 0 radical (unpaired) electrons. The second kappa shape index (κ2) is 6.17. The van der Waals surface area contributed by atoms with Crippen molar-refractivity contribution in [3.8, 4) is 0 Å². The number of aliphatic hydroxyl groups excluding tert-OH is 2. The first kappa shape index (κ1) is 14.9. The van der Waals surface area contributed by atoms with Gasteiger partial charge in [0.15, 0.2) is 0 Å². The molecule has 0 aliphatic heterocycles. The monoisotopic (exact) mass is 317 g/mol. The minimum absolute atomic E-state index is 0.218. The summed E-state index contributed by atoms with van der Waals surface area (Å²) in [6, 6.07) is 3.02. The number of methoxy groups -OCH3 is 1. The van der Waals surface area contributed by atoms with Gasteiger partial charge in [-0.1, -0.05) is 15.9 Å². The molecule has 18 heavy (non-hydrogen) atoms. The molecular formula is C12H16BrNO4. The summed E-state index contributed by atoms with van der Waals surface area (Å²) < 4.78 is 4.65. The number of anilines is 1. The van der Waals surface area contributed by atoms with Gasteiger partial charge in [-0.15, -0.1) is 0 Å². The van der Waals surface area contributed by atoms with Crippen LogP contribution in [-0.2, 0) is 4.74 Å². The highest BCUT2D eigenvalue weighted by Crippen LogP contribution is 2.26. The number of rotatable bonds is 4. The number of carbonyl (C=O) groups is 1. The fourth-order valence-electron chi connectivity index (χ4n) is 1.56. The van der Waals surface area contributed by atoms with Crippen LogP contribution < -0.4 is 5.73 Å². The summed E-state index contributed by atoms with van der Waals surface area (Å²) >= 11 is 3.07. The van der Waals surface area contributed by atoms with Crippen molar-refractivity contribution >= 4 is 27.6 Å². The van der Waals surface area contributed by atoms with Crippen LogP contribution in [0, 0.1) is 6.92 Å². The molecular weight excluding hydrogens is 302 g/mol. The van der Waals surface area contributed by atoms with E-state index >= 15 is 0 Å². The number of esters is 1. The topological polar surface area (TPSA) is 92.8 Å². The molecule has 0 fully saturated rings. The summed E-state index contributed by atoms with van der Waals surface area (Å²) in [5, 5.41) is 19.7. The zero-order valence-corrected chi connectivity index (χ0v) is 11.8. The lowest BCUT2D eigenvalue weighted by molar-refractivity contribution is 0.0341. The summed E-state index contributed by atoms with van der Waals surface area (Å²) in [6.45, 7) is 1.69. The molecule has 0 aliphatic carbocycles. The van der Waals surface area contributed by atoms with Gasteiger partial charge in [0.05, 0.1) is 18.8 Å². The number of benzene rings is 1. The number of ether oxygens (including phenoxy) is 1. The highest BCUT2D eigenvalue weighted by molar-refractivity contribution is 9.09. The minimum Gasteiger partial charge on any atom is -0.465 e. The maximum absolute atomic E-state index is 11.6. The van der Waals surface area contributed by atoms with Crippen molar-refractivity contribution in [1.82, 2.24) is 0 Å². The van der Waals surface area contributed by atoms with Crippen molar-refractivity contribution in [2.24, 2.45) is 0 Å².